The number of nitrogens with one attached hydrogen (secondary N) is 1. The molecule has 0 aliphatic carbocycles. The van der Waals surface area contributed by atoms with E-state index in [9.17, 15) is 0 Å². The monoisotopic (exact) mass is 337 g/mol. The van der Waals surface area contributed by atoms with E-state index in [2.05, 4.69) is 61.1 Å². The van der Waals surface area contributed by atoms with Crippen molar-refractivity contribution in [2.24, 2.45) is 0 Å². The van der Waals surface area contributed by atoms with E-state index in [0.29, 0.717) is 0 Å². The Hall–Kier alpha value is -2.07. The van der Waals surface area contributed by atoms with Crippen molar-refractivity contribution in [3.8, 4) is 16.3 Å². The molecule has 4 rings (SSSR count). The lowest BCUT2D eigenvalue weighted by molar-refractivity contribution is 0.780. The third kappa shape index (κ3) is 2.65. The van der Waals surface area contributed by atoms with Gasteiger partial charge in [-0.1, -0.05) is 6.07 Å². The van der Waals surface area contributed by atoms with E-state index in [0.717, 1.165) is 24.3 Å². The van der Waals surface area contributed by atoms with E-state index in [1.165, 1.54) is 45.1 Å². The zero-order chi connectivity index (χ0) is 16.7. The lowest BCUT2D eigenvalue weighted by Crippen LogP contribution is -2.07. The third-order valence-corrected chi connectivity index (χ3v) is 5.85. The standard InChI is InChI=1S/C20H23N3S/c1-13-7-9-16(12-14(13)2)23-20-17(6-4-5-11-21-20)19(22-23)18-10-8-15(3)24-18/h7-10,12,21H,4-6,11H2,1-3H3. The topological polar surface area (TPSA) is 29.9 Å². The molecule has 0 radical (unpaired) electrons. The molecular weight excluding hydrogens is 314 g/mol. The third-order valence-electron chi connectivity index (χ3n) is 4.84. The average molecular weight is 337 g/mol. The fourth-order valence-electron chi connectivity index (χ4n) is 3.31. The van der Waals surface area contributed by atoms with Crippen LogP contribution in [0.4, 0.5) is 5.82 Å². The van der Waals surface area contributed by atoms with E-state index >= 15 is 0 Å². The number of rotatable bonds is 2. The summed E-state index contributed by atoms with van der Waals surface area (Å²) in [5.41, 5.74) is 6.28. The molecule has 0 saturated carbocycles. The summed E-state index contributed by atoms with van der Waals surface area (Å²) in [7, 11) is 0. The summed E-state index contributed by atoms with van der Waals surface area (Å²) in [6, 6.07) is 11.0. The van der Waals surface area contributed by atoms with Gasteiger partial charge in [-0.15, -0.1) is 11.3 Å². The van der Waals surface area contributed by atoms with Gasteiger partial charge < -0.3 is 5.32 Å². The SMILES string of the molecule is Cc1ccc(-c2nn(-c3ccc(C)c(C)c3)c3c2CCCCN3)s1. The van der Waals surface area contributed by atoms with Gasteiger partial charge in [-0.3, -0.25) is 0 Å². The molecule has 3 heterocycles. The van der Waals surface area contributed by atoms with Gasteiger partial charge >= 0.3 is 0 Å². The minimum atomic E-state index is 1.02. The molecule has 1 aliphatic heterocycles. The summed E-state index contributed by atoms with van der Waals surface area (Å²) >= 11 is 1.83. The fraction of sp³-hybridized carbons (Fsp3) is 0.350. The summed E-state index contributed by atoms with van der Waals surface area (Å²) in [6.07, 6.45) is 3.53. The van der Waals surface area contributed by atoms with Crippen LogP contribution in [0.1, 0.15) is 34.4 Å². The second kappa shape index (κ2) is 6.10. The molecule has 124 valence electrons. The first-order valence-electron chi connectivity index (χ1n) is 8.63. The van der Waals surface area contributed by atoms with E-state index in [1.807, 2.05) is 11.3 Å². The first kappa shape index (κ1) is 15.5. The van der Waals surface area contributed by atoms with Crippen LogP contribution in [0.3, 0.4) is 0 Å². The van der Waals surface area contributed by atoms with Crippen molar-refractivity contribution in [1.82, 2.24) is 9.78 Å². The molecule has 2 aromatic heterocycles. The Morgan fingerprint density at radius 1 is 1.04 bits per heavy atom. The number of fused-ring (bicyclic) bond motifs is 1. The van der Waals surface area contributed by atoms with Gasteiger partial charge in [0.15, 0.2) is 0 Å². The maximum atomic E-state index is 5.02. The molecule has 1 aromatic carbocycles. The second-order valence-corrected chi connectivity index (χ2v) is 7.94. The highest BCUT2D eigenvalue weighted by molar-refractivity contribution is 7.15. The van der Waals surface area contributed by atoms with Crippen molar-refractivity contribution in [3.63, 3.8) is 0 Å². The second-order valence-electron chi connectivity index (χ2n) is 6.65. The fourth-order valence-corrected chi connectivity index (χ4v) is 4.19. The minimum Gasteiger partial charge on any atom is -0.370 e. The van der Waals surface area contributed by atoms with Crippen LogP contribution in [0.25, 0.3) is 16.3 Å². The summed E-state index contributed by atoms with van der Waals surface area (Å²) < 4.78 is 2.11. The molecule has 0 unspecified atom stereocenters. The number of hydrogen-bond donors (Lipinski definition) is 1. The number of aryl methyl sites for hydroxylation is 3. The summed E-state index contributed by atoms with van der Waals surface area (Å²) in [6.45, 7) is 7.50. The molecule has 0 amide bonds. The number of hydrogen-bond acceptors (Lipinski definition) is 3. The molecule has 3 nitrogen and oxygen atoms in total. The van der Waals surface area contributed by atoms with Crippen molar-refractivity contribution in [1.29, 1.82) is 0 Å². The van der Waals surface area contributed by atoms with Crippen LogP contribution >= 0.6 is 11.3 Å². The highest BCUT2D eigenvalue weighted by atomic mass is 32.1. The summed E-state index contributed by atoms with van der Waals surface area (Å²) in [5.74, 6) is 1.18. The van der Waals surface area contributed by atoms with Crippen LogP contribution < -0.4 is 5.32 Å². The van der Waals surface area contributed by atoms with Crippen LogP contribution in [0, 0.1) is 20.8 Å². The first-order chi connectivity index (χ1) is 11.6. The predicted molar refractivity (Wildman–Crippen MR) is 103 cm³/mol. The zero-order valence-electron chi connectivity index (χ0n) is 14.5. The van der Waals surface area contributed by atoms with Gasteiger partial charge in [-0.2, -0.15) is 5.10 Å². The molecule has 0 spiro atoms. The van der Waals surface area contributed by atoms with Crippen molar-refractivity contribution in [2.75, 3.05) is 11.9 Å². The Bertz CT molecular complexity index is 888. The van der Waals surface area contributed by atoms with Crippen molar-refractivity contribution >= 4 is 17.2 Å². The quantitative estimate of drug-likeness (QED) is 0.690. The molecule has 24 heavy (non-hydrogen) atoms. The maximum absolute atomic E-state index is 5.02. The Labute approximate surface area is 147 Å². The molecule has 0 fully saturated rings. The highest BCUT2D eigenvalue weighted by Crippen LogP contribution is 2.37. The van der Waals surface area contributed by atoms with E-state index < -0.39 is 0 Å². The van der Waals surface area contributed by atoms with Gasteiger partial charge in [0.25, 0.3) is 0 Å². The van der Waals surface area contributed by atoms with Crippen LogP contribution in [0.5, 0.6) is 0 Å². The number of thiophene rings is 1. The average Bonchev–Trinajstić information content (AvgIpc) is 3.06. The van der Waals surface area contributed by atoms with Crippen LogP contribution in [-0.4, -0.2) is 16.3 Å². The molecule has 1 aliphatic rings. The predicted octanol–water partition coefficient (Wildman–Crippen LogP) is 5.27. The number of anilines is 1. The highest BCUT2D eigenvalue weighted by Gasteiger charge is 2.22. The minimum absolute atomic E-state index is 1.02. The number of nitrogens with zero attached hydrogens (tertiary/aromatic N) is 2. The molecule has 3 aromatic rings. The lowest BCUT2D eigenvalue weighted by atomic mass is 10.1. The van der Waals surface area contributed by atoms with Gasteiger partial charge in [-0.25, -0.2) is 4.68 Å². The summed E-state index contributed by atoms with van der Waals surface area (Å²) in [5, 5.41) is 8.65. The smallest absolute Gasteiger partial charge is 0.133 e. The maximum Gasteiger partial charge on any atom is 0.133 e. The van der Waals surface area contributed by atoms with Gasteiger partial charge in [0.05, 0.1) is 10.6 Å². The van der Waals surface area contributed by atoms with Crippen LogP contribution in [-0.2, 0) is 6.42 Å². The molecule has 1 N–H and O–H groups in total. The molecular formula is C20H23N3S. The molecule has 4 heteroatoms. The number of aromatic nitrogens is 2. The summed E-state index contributed by atoms with van der Waals surface area (Å²) in [4.78, 5) is 2.61. The zero-order valence-corrected chi connectivity index (χ0v) is 15.3. The van der Waals surface area contributed by atoms with Gasteiger partial charge in [0, 0.05) is 17.0 Å². The van der Waals surface area contributed by atoms with Crippen molar-refractivity contribution in [3.05, 3.63) is 51.9 Å². The van der Waals surface area contributed by atoms with Crippen LogP contribution in [0.15, 0.2) is 30.3 Å². The Morgan fingerprint density at radius 3 is 2.67 bits per heavy atom. The molecule has 0 saturated heterocycles. The Balaban J connectivity index is 1.90. The lowest BCUT2D eigenvalue weighted by Gasteiger charge is -2.10. The van der Waals surface area contributed by atoms with Gasteiger partial charge in [0.2, 0.25) is 0 Å². The number of benzene rings is 1. The first-order valence-corrected chi connectivity index (χ1v) is 9.45. The van der Waals surface area contributed by atoms with E-state index in [-0.39, 0.29) is 0 Å². The molecule has 0 bridgehead atoms. The van der Waals surface area contributed by atoms with Crippen molar-refractivity contribution < 1.29 is 0 Å². The van der Waals surface area contributed by atoms with E-state index in [1.54, 1.807) is 0 Å². The normalized spacial score (nSPS) is 14.1. The largest absolute Gasteiger partial charge is 0.370 e. The van der Waals surface area contributed by atoms with Gasteiger partial charge in [0.1, 0.15) is 11.5 Å². The van der Waals surface area contributed by atoms with E-state index in [4.69, 9.17) is 5.10 Å². The molecule has 0 atom stereocenters. The van der Waals surface area contributed by atoms with Gasteiger partial charge in [-0.05, 0) is 75.4 Å². The Morgan fingerprint density at radius 2 is 1.92 bits per heavy atom. The Kier molecular flexibility index (Phi) is 3.93. The van der Waals surface area contributed by atoms with Crippen molar-refractivity contribution in [2.45, 2.75) is 40.0 Å². The van der Waals surface area contributed by atoms with Crippen LogP contribution in [0.2, 0.25) is 0 Å².